The lowest BCUT2D eigenvalue weighted by atomic mass is 10.2. The number of unbranched alkanes of at least 4 members (excludes halogenated alkanes) is 1. The summed E-state index contributed by atoms with van der Waals surface area (Å²) < 4.78 is 0. The monoisotopic (exact) mass is 230 g/mol. The number of halogens is 2. The van der Waals surface area contributed by atoms with E-state index in [9.17, 15) is 0 Å². The number of aliphatic hydroxyl groups excluding tert-OH is 1. The van der Waals surface area contributed by atoms with Gasteiger partial charge in [-0.15, -0.1) is 0 Å². The molecular weight excluding hydrogens is 219 g/mol. The Morgan fingerprint density at radius 3 is 2.79 bits per heavy atom. The molecule has 0 aliphatic rings. The van der Waals surface area contributed by atoms with Gasteiger partial charge in [-0.3, -0.25) is 0 Å². The average molecular weight is 231 g/mol. The zero-order valence-corrected chi connectivity index (χ0v) is 9.22. The molecule has 1 nitrogen and oxygen atoms in total. The van der Waals surface area contributed by atoms with E-state index >= 15 is 0 Å². The standard InChI is InChI=1S/C11H12Cl2O/c12-10-7-4-6-9(11(10)13)5-2-1-3-8-14/h2,4-7,14H,1,3,8H2. The molecule has 3 heteroatoms. The second-order valence-electron chi connectivity index (χ2n) is 2.91. The van der Waals surface area contributed by atoms with E-state index in [-0.39, 0.29) is 6.61 Å². The maximum Gasteiger partial charge on any atom is 0.0664 e. The average Bonchev–Trinajstić information content (AvgIpc) is 2.19. The Kier molecular flexibility index (Phi) is 5.02. The van der Waals surface area contributed by atoms with Gasteiger partial charge in [0.25, 0.3) is 0 Å². The summed E-state index contributed by atoms with van der Waals surface area (Å²) in [4.78, 5) is 0. The largest absolute Gasteiger partial charge is 0.396 e. The van der Waals surface area contributed by atoms with E-state index in [1.165, 1.54) is 0 Å². The van der Waals surface area contributed by atoms with Crippen LogP contribution in [-0.2, 0) is 0 Å². The van der Waals surface area contributed by atoms with E-state index in [0.29, 0.717) is 10.0 Å². The van der Waals surface area contributed by atoms with E-state index in [2.05, 4.69) is 0 Å². The predicted molar refractivity (Wildman–Crippen MR) is 61.8 cm³/mol. The van der Waals surface area contributed by atoms with Crippen molar-refractivity contribution in [1.29, 1.82) is 0 Å². The molecule has 0 aliphatic heterocycles. The van der Waals surface area contributed by atoms with Crippen molar-refractivity contribution in [3.05, 3.63) is 39.9 Å². The third-order valence-electron chi connectivity index (χ3n) is 1.81. The summed E-state index contributed by atoms with van der Waals surface area (Å²) in [7, 11) is 0. The normalized spacial score (nSPS) is 11.1. The van der Waals surface area contributed by atoms with Crippen molar-refractivity contribution in [2.24, 2.45) is 0 Å². The molecule has 0 aliphatic carbocycles. The van der Waals surface area contributed by atoms with E-state index < -0.39 is 0 Å². The molecule has 0 spiro atoms. The molecular formula is C11H12Cl2O. The third kappa shape index (κ3) is 3.33. The molecule has 1 aromatic carbocycles. The van der Waals surface area contributed by atoms with Gasteiger partial charge in [-0.2, -0.15) is 0 Å². The van der Waals surface area contributed by atoms with Crippen LogP contribution in [0, 0.1) is 0 Å². The van der Waals surface area contributed by atoms with Crippen LogP contribution in [0.1, 0.15) is 18.4 Å². The quantitative estimate of drug-likeness (QED) is 0.782. The summed E-state index contributed by atoms with van der Waals surface area (Å²) in [5.41, 5.74) is 0.914. The topological polar surface area (TPSA) is 20.2 Å². The van der Waals surface area contributed by atoms with Gasteiger partial charge in [0, 0.05) is 6.61 Å². The molecule has 0 fully saturated rings. The highest BCUT2D eigenvalue weighted by Gasteiger charge is 1.99. The van der Waals surface area contributed by atoms with Gasteiger partial charge in [-0.05, 0) is 24.5 Å². The zero-order chi connectivity index (χ0) is 10.4. The molecule has 0 saturated heterocycles. The smallest absolute Gasteiger partial charge is 0.0664 e. The van der Waals surface area contributed by atoms with Crippen molar-refractivity contribution in [2.75, 3.05) is 6.61 Å². The highest BCUT2D eigenvalue weighted by atomic mass is 35.5. The highest BCUT2D eigenvalue weighted by Crippen LogP contribution is 2.26. The van der Waals surface area contributed by atoms with Crippen molar-refractivity contribution < 1.29 is 5.11 Å². The number of aliphatic hydroxyl groups is 1. The van der Waals surface area contributed by atoms with Crippen molar-refractivity contribution in [1.82, 2.24) is 0 Å². The van der Waals surface area contributed by atoms with Crippen molar-refractivity contribution in [2.45, 2.75) is 12.8 Å². The molecule has 1 N–H and O–H groups in total. The summed E-state index contributed by atoms with van der Waals surface area (Å²) in [6.07, 6.45) is 5.52. The summed E-state index contributed by atoms with van der Waals surface area (Å²) in [6, 6.07) is 5.53. The van der Waals surface area contributed by atoms with Gasteiger partial charge in [0.05, 0.1) is 10.0 Å². The molecule has 76 valence electrons. The molecule has 0 saturated carbocycles. The fourth-order valence-electron chi connectivity index (χ4n) is 1.07. The lowest BCUT2D eigenvalue weighted by Gasteiger charge is -1.99. The van der Waals surface area contributed by atoms with Crippen molar-refractivity contribution in [3.8, 4) is 0 Å². The first-order valence-electron chi connectivity index (χ1n) is 4.47. The second kappa shape index (κ2) is 6.07. The van der Waals surface area contributed by atoms with Crippen LogP contribution in [0.2, 0.25) is 10.0 Å². The predicted octanol–water partition coefficient (Wildman–Crippen LogP) is 3.78. The Labute approximate surface area is 94.0 Å². The van der Waals surface area contributed by atoms with Gasteiger partial charge in [0.1, 0.15) is 0 Å². The van der Waals surface area contributed by atoms with Crippen LogP contribution >= 0.6 is 23.2 Å². The summed E-state index contributed by atoms with van der Waals surface area (Å²) in [5.74, 6) is 0. The summed E-state index contributed by atoms with van der Waals surface area (Å²) >= 11 is 11.8. The number of rotatable bonds is 4. The first-order valence-corrected chi connectivity index (χ1v) is 5.22. The fraction of sp³-hybridized carbons (Fsp3) is 0.273. The lowest BCUT2D eigenvalue weighted by Crippen LogP contribution is -1.79. The molecule has 0 heterocycles. The van der Waals surface area contributed by atoms with Crippen LogP contribution in [-0.4, -0.2) is 11.7 Å². The molecule has 14 heavy (non-hydrogen) atoms. The van der Waals surface area contributed by atoms with Crippen LogP contribution in [0.3, 0.4) is 0 Å². The van der Waals surface area contributed by atoms with Crippen LogP contribution in [0.5, 0.6) is 0 Å². The van der Waals surface area contributed by atoms with Crippen LogP contribution in [0.4, 0.5) is 0 Å². The molecule has 0 bridgehead atoms. The second-order valence-corrected chi connectivity index (χ2v) is 3.70. The first-order chi connectivity index (χ1) is 6.75. The fourth-order valence-corrected chi connectivity index (χ4v) is 1.44. The van der Waals surface area contributed by atoms with Gasteiger partial charge < -0.3 is 5.11 Å². The Morgan fingerprint density at radius 2 is 2.07 bits per heavy atom. The van der Waals surface area contributed by atoms with Gasteiger partial charge >= 0.3 is 0 Å². The minimum atomic E-state index is 0.216. The minimum absolute atomic E-state index is 0.216. The van der Waals surface area contributed by atoms with Crippen molar-refractivity contribution in [3.63, 3.8) is 0 Å². The molecule has 0 unspecified atom stereocenters. The maximum atomic E-state index is 8.58. The van der Waals surface area contributed by atoms with E-state index in [1.807, 2.05) is 24.3 Å². The van der Waals surface area contributed by atoms with E-state index in [4.69, 9.17) is 28.3 Å². The molecule has 1 rings (SSSR count). The van der Waals surface area contributed by atoms with Crippen molar-refractivity contribution >= 4 is 29.3 Å². The minimum Gasteiger partial charge on any atom is -0.396 e. The molecule has 0 atom stereocenters. The molecule has 0 radical (unpaired) electrons. The van der Waals surface area contributed by atoms with E-state index in [0.717, 1.165) is 18.4 Å². The zero-order valence-electron chi connectivity index (χ0n) is 7.71. The molecule has 1 aromatic rings. The third-order valence-corrected chi connectivity index (χ3v) is 2.64. The van der Waals surface area contributed by atoms with E-state index in [1.54, 1.807) is 6.07 Å². The maximum absolute atomic E-state index is 8.58. The Balaban J connectivity index is 2.67. The lowest BCUT2D eigenvalue weighted by molar-refractivity contribution is 0.290. The number of benzene rings is 1. The Hall–Kier alpha value is -0.500. The molecule has 0 amide bonds. The SMILES string of the molecule is OCCCC=Cc1cccc(Cl)c1Cl. The van der Waals surface area contributed by atoms with Crippen LogP contribution in [0.25, 0.3) is 6.08 Å². The van der Waals surface area contributed by atoms with Gasteiger partial charge in [0.15, 0.2) is 0 Å². The van der Waals surface area contributed by atoms with Gasteiger partial charge in [0.2, 0.25) is 0 Å². The van der Waals surface area contributed by atoms with Crippen LogP contribution < -0.4 is 0 Å². The van der Waals surface area contributed by atoms with Gasteiger partial charge in [-0.25, -0.2) is 0 Å². The first kappa shape index (κ1) is 11.6. The summed E-state index contributed by atoms with van der Waals surface area (Å²) in [6.45, 7) is 0.216. The number of hydrogen-bond acceptors (Lipinski definition) is 1. The van der Waals surface area contributed by atoms with Crippen LogP contribution in [0.15, 0.2) is 24.3 Å². The Morgan fingerprint density at radius 1 is 1.29 bits per heavy atom. The number of allylic oxidation sites excluding steroid dienone is 1. The highest BCUT2D eigenvalue weighted by molar-refractivity contribution is 6.42. The summed E-state index contributed by atoms with van der Waals surface area (Å²) in [5, 5.41) is 9.72. The Bertz CT molecular complexity index is 321. The molecule has 0 aromatic heterocycles. The number of hydrogen-bond donors (Lipinski definition) is 1. The van der Waals surface area contributed by atoms with Gasteiger partial charge in [-0.1, -0.05) is 47.5 Å².